The van der Waals surface area contributed by atoms with Gasteiger partial charge in [-0.3, -0.25) is 0 Å². The van der Waals surface area contributed by atoms with Crippen molar-refractivity contribution < 1.29 is 0 Å². The Morgan fingerprint density at radius 1 is 0.382 bits per heavy atom. The predicted molar refractivity (Wildman–Crippen MR) is 228 cm³/mol. The average molecular weight is 701 g/mol. The van der Waals surface area contributed by atoms with E-state index in [2.05, 4.69) is 162 Å². The summed E-state index contributed by atoms with van der Waals surface area (Å²) in [6.45, 7) is 0. The second-order valence-corrected chi connectivity index (χ2v) is 14.0. The minimum absolute atomic E-state index is 0.689. The fourth-order valence-electron chi connectivity index (χ4n) is 8.25. The van der Waals surface area contributed by atoms with Crippen LogP contribution in [0.15, 0.2) is 194 Å². The van der Waals surface area contributed by atoms with Crippen molar-refractivity contribution >= 4 is 54.3 Å². The van der Waals surface area contributed by atoms with Crippen molar-refractivity contribution in [2.45, 2.75) is 0 Å². The molecule has 256 valence electrons. The number of para-hydroxylation sites is 2. The van der Waals surface area contributed by atoms with Crippen molar-refractivity contribution in [3.8, 4) is 50.8 Å². The molecule has 0 saturated carbocycles. The van der Waals surface area contributed by atoms with Crippen LogP contribution in [0.1, 0.15) is 0 Å². The van der Waals surface area contributed by atoms with Crippen LogP contribution in [0.4, 0.5) is 0 Å². The molecule has 0 aliphatic carbocycles. The van der Waals surface area contributed by atoms with E-state index < -0.39 is 0 Å². The highest BCUT2D eigenvalue weighted by Crippen LogP contribution is 2.44. The summed E-state index contributed by atoms with van der Waals surface area (Å²) < 4.78 is 2.40. The Morgan fingerprint density at radius 2 is 0.945 bits per heavy atom. The van der Waals surface area contributed by atoms with Gasteiger partial charge in [0.25, 0.3) is 0 Å². The lowest BCUT2D eigenvalue weighted by atomic mass is 9.93. The van der Waals surface area contributed by atoms with Gasteiger partial charge in [0.2, 0.25) is 0 Å². The van der Waals surface area contributed by atoms with Crippen LogP contribution < -0.4 is 0 Å². The molecule has 0 radical (unpaired) electrons. The van der Waals surface area contributed by atoms with Crippen molar-refractivity contribution in [1.29, 1.82) is 0 Å². The van der Waals surface area contributed by atoms with Gasteiger partial charge in [0.05, 0.1) is 33.6 Å². The molecular formula is C51H32N4. The lowest BCUT2D eigenvalue weighted by Crippen LogP contribution is -1.98. The molecule has 0 saturated heterocycles. The lowest BCUT2D eigenvalue weighted by molar-refractivity contribution is 1.17. The summed E-state index contributed by atoms with van der Waals surface area (Å²) in [5.41, 5.74) is 11.3. The molecular weight excluding hydrogens is 669 g/mol. The van der Waals surface area contributed by atoms with Crippen LogP contribution in [-0.4, -0.2) is 19.5 Å². The Hall–Kier alpha value is -7.43. The zero-order valence-electron chi connectivity index (χ0n) is 29.8. The number of rotatable bonds is 5. The summed E-state index contributed by atoms with van der Waals surface area (Å²) in [4.78, 5) is 15.7. The van der Waals surface area contributed by atoms with Gasteiger partial charge in [-0.2, -0.15) is 0 Å². The molecule has 3 heterocycles. The maximum atomic E-state index is 5.48. The molecule has 0 atom stereocenters. The molecule has 3 aromatic heterocycles. The van der Waals surface area contributed by atoms with E-state index in [1.54, 1.807) is 0 Å². The third kappa shape index (κ3) is 5.11. The fraction of sp³-hybridized carbons (Fsp3) is 0. The zero-order chi connectivity index (χ0) is 36.3. The van der Waals surface area contributed by atoms with Gasteiger partial charge in [0, 0.05) is 44.1 Å². The molecule has 8 aromatic carbocycles. The third-order valence-electron chi connectivity index (χ3n) is 10.8. The minimum atomic E-state index is 0.689. The standard InChI is InChI=1S/C51H32N4/c1-3-15-33(16-4-1)45-32-46(34-17-5-2-6-18-34)54-51(53-45)35-27-29-37(30-28-35)55-47-26-14-12-24-42(47)48-49(52-44-25-13-11-23-41(44)50(48)55)43-31-36-19-7-8-20-38(36)39-21-9-10-22-40(39)43/h1-32H. The predicted octanol–water partition coefficient (Wildman–Crippen LogP) is 13.1. The Labute approximate surface area is 317 Å². The van der Waals surface area contributed by atoms with E-state index in [9.17, 15) is 0 Å². The van der Waals surface area contributed by atoms with Crippen LogP contribution in [0.2, 0.25) is 0 Å². The number of hydrogen-bond donors (Lipinski definition) is 0. The lowest BCUT2D eigenvalue weighted by Gasteiger charge is -2.14. The first-order valence-electron chi connectivity index (χ1n) is 18.6. The molecule has 0 aliphatic rings. The first-order chi connectivity index (χ1) is 27.3. The second kappa shape index (κ2) is 12.6. The second-order valence-electron chi connectivity index (χ2n) is 14.0. The summed E-state index contributed by atoms with van der Waals surface area (Å²) >= 11 is 0. The molecule has 11 aromatic rings. The molecule has 0 bridgehead atoms. The summed E-state index contributed by atoms with van der Waals surface area (Å²) in [6.07, 6.45) is 0. The summed E-state index contributed by atoms with van der Waals surface area (Å²) in [5.74, 6) is 0.689. The highest BCUT2D eigenvalue weighted by molar-refractivity contribution is 6.25. The SMILES string of the molecule is c1ccc(-c2cc(-c3ccccc3)nc(-c3ccc(-n4c5ccccc5c5c(-c6cc7ccccc7c7ccccc67)nc6ccccc6c54)cc3)n2)cc1. The largest absolute Gasteiger partial charge is 0.308 e. The Kier molecular flexibility index (Phi) is 7.14. The third-order valence-corrected chi connectivity index (χ3v) is 10.8. The number of nitrogens with zero attached hydrogens (tertiary/aromatic N) is 4. The van der Waals surface area contributed by atoms with Gasteiger partial charge in [-0.1, -0.05) is 146 Å². The molecule has 0 amide bonds. The van der Waals surface area contributed by atoms with Crippen molar-refractivity contribution in [1.82, 2.24) is 19.5 Å². The van der Waals surface area contributed by atoms with E-state index in [1.165, 1.54) is 26.9 Å². The number of pyridine rings is 1. The van der Waals surface area contributed by atoms with E-state index >= 15 is 0 Å². The van der Waals surface area contributed by atoms with E-state index in [4.69, 9.17) is 15.0 Å². The maximum absolute atomic E-state index is 5.48. The normalized spacial score (nSPS) is 11.6. The van der Waals surface area contributed by atoms with Crippen LogP contribution in [0.3, 0.4) is 0 Å². The molecule has 0 fully saturated rings. The monoisotopic (exact) mass is 700 g/mol. The van der Waals surface area contributed by atoms with Crippen molar-refractivity contribution in [2.75, 3.05) is 0 Å². The number of hydrogen-bond acceptors (Lipinski definition) is 3. The van der Waals surface area contributed by atoms with Gasteiger partial charge >= 0.3 is 0 Å². The van der Waals surface area contributed by atoms with E-state index in [1.807, 2.05) is 36.4 Å². The molecule has 0 spiro atoms. The van der Waals surface area contributed by atoms with E-state index in [0.29, 0.717) is 5.82 Å². The van der Waals surface area contributed by atoms with Crippen LogP contribution in [0, 0.1) is 0 Å². The minimum Gasteiger partial charge on any atom is -0.308 e. The van der Waals surface area contributed by atoms with Gasteiger partial charge in [-0.25, -0.2) is 15.0 Å². The van der Waals surface area contributed by atoms with Gasteiger partial charge in [0.1, 0.15) is 0 Å². The Bertz CT molecular complexity index is 3180. The average Bonchev–Trinajstić information content (AvgIpc) is 3.62. The number of fused-ring (bicyclic) bond motifs is 8. The molecule has 0 unspecified atom stereocenters. The molecule has 11 rings (SSSR count). The van der Waals surface area contributed by atoms with Crippen LogP contribution in [0.5, 0.6) is 0 Å². The molecule has 55 heavy (non-hydrogen) atoms. The molecule has 4 nitrogen and oxygen atoms in total. The number of aromatic nitrogens is 4. The van der Waals surface area contributed by atoms with E-state index in [-0.39, 0.29) is 0 Å². The van der Waals surface area contributed by atoms with Gasteiger partial charge in [-0.15, -0.1) is 0 Å². The quantitative estimate of drug-likeness (QED) is 0.168. The Balaban J connectivity index is 1.15. The van der Waals surface area contributed by atoms with Crippen LogP contribution in [0.25, 0.3) is 105 Å². The maximum Gasteiger partial charge on any atom is 0.160 e. The highest BCUT2D eigenvalue weighted by atomic mass is 15.0. The zero-order valence-corrected chi connectivity index (χ0v) is 29.8. The smallest absolute Gasteiger partial charge is 0.160 e. The summed E-state index contributed by atoms with van der Waals surface area (Å²) in [6, 6.07) is 68.4. The van der Waals surface area contributed by atoms with Crippen molar-refractivity contribution in [3.05, 3.63) is 194 Å². The first kappa shape index (κ1) is 31.1. The summed E-state index contributed by atoms with van der Waals surface area (Å²) in [5, 5.41) is 8.29. The van der Waals surface area contributed by atoms with Gasteiger partial charge in [-0.05, 0) is 70.1 Å². The molecule has 0 aliphatic heterocycles. The first-order valence-corrected chi connectivity index (χ1v) is 18.6. The van der Waals surface area contributed by atoms with Gasteiger partial charge < -0.3 is 4.57 Å². The van der Waals surface area contributed by atoms with Crippen molar-refractivity contribution in [3.63, 3.8) is 0 Å². The summed E-state index contributed by atoms with van der Waals surface area (Å²) in [7, 11) is 0. The molecule has 0 N–H and O–H groups in total. The van der Waals surface area contributed by atoms with Crippen LogP contribution in [-0.2, 0) is 0 Å². The van der Waals surface area contributed by atoms with Crippen LogP contribution >= 0.6 is 0 Å². The van der Waals surface area contributed by atoms with Gasteiger partial charge in [0.15, 0.2) is 5.82 Å². The van der Waals surface area contributed by atoms with Crippen molar-refractivity contribution in [2.24, 2.45) is 0 Å². The number of benzene rings is 8. The fourth-order valence-corrected chi connectivity index (χ4v) is 8.25. The molecule has 4 heteroatoms. The highest BCUT2D eigenvalue weighted by Gasteiger charge is 2.22. The topological polar surface area (TPSA) is 43.6 Å². The Morgan fingerprint density at radius 3 is 1.65 bits per heavy atom. The van der Waals surface area contributed by atoms with E-state index in [0.717, 1.165) is 72.3 Å².